The average molecular weight is 409 g/mol. The van der Waals surface area contributed by atoms with E-state index in [0.717, 1.165) is 11.1 Å². The molecule has 2 aromatic rings. The second-order valence-electron chi connectivity index (χ2n) is 8.21. The minimum atomic E-state index is -1.05. The summed E-state index contributed by atoms with van der Waals surface area (Å²) in [6.45, 7) is 5.33. The van der Waals surface area contributed by atoms with Crippen LogP contribution >= 0.6 is 0 Å². The molecule has 0 saturated heterocycles. The number of aliphatic hydroxyl groups is 1. The van der Waals surface area contributed by atoms with E-state index in [4.69, 9.17) is 9.47 Å². The third kappa shape index (κ3) is 4.89. The number of methoxy groups -OCH3 is 1. The van der Waals surface area contributed by atoms with Crippen LogP contribution in [0.15, 0.2) is 60.2 Å². The number of aliphatic hydroxyl groups excluding tert-OH is 1. The molecule has 2 aromatic carbocycles. The highest BCUT2D eigenvalue weighted by Gasteiger charge is 2.35. The first kappa shape index (κ1) is 21.6. The predicted molar refractivity (Wildman–Crippen MR) is 115 cm³/mol. The van der Waals surface area contributed by atoms with Gasteiger partial charge in [0.05, 0.1) is 31.9 Å². The molecule has 6 heteroatoms. The molecule has 1 unspecified atom stereocenters. The van der Waals surface area contributed by atoms with Gasteiger partial charge in [-0.25, -0.2) is 9.59 Å². The number of benzene rings is 2. The minimum absolute atomic E-state index is 0.00352. The SMILES string of the molecule is COC(=O)C1=C(c2cccc(-c3ccccc3)c2)C(O)CN(C(=O)OC(C)(C)C)C1. The molecule has 0 fully saturated rings. The lowest BCUT2D eigenvalue weighted by molar-refractivity contribution is -0.136. The van der Waals surface area contributed by atoms with Crippen LogP contribution in [0.4, 0.5) is 4.79 Å². The van der Waals surface area contributed by atoms with Crippen LogP contribution in [-0.2, 0) is 14.3 Å². The Bertz CT molecular complexity index is 959. The zero-order valence-corrected chi connectivity index (χ0v) is 17.7. The smallest absolute Gasteiger partial charge is 0.410 e. The molecule has 1 amide bonds. The highest BCUT2D eigenvalue weighted by atomic mass is 16.6. The molecular formula is C24H27NO5. The Balaban J connectivity index is 2.01. The monoisotopic (exact) mass is 409 g/mol. The molecule has 0 bridgehead atoms. The fraction of sp³-hybridized carbons (Fsp3) is 0.333. The molecule has 30 heavy (non-hydrogen) atoms. The molecule has 3 rings (SSSR count). The molecule has 1 aliphatic rings. The van der Waals surface area contributed by atoms with Crippen molar-refractivity contribution in [1.29, 1.82) is 0 Å². The summed E-state index contributed by atoms with van der Waals surface area (Å²) >= 11 is 0. The number of nitrogens with zero attached hydrogens (tertiary/aromatic N) is 1. The van der Waals surface area contributed by atoms with Crippen LogP contribution in [0.5, 0.6) is 0 Å². The zero-order chi connectivity index (χ0) is 21.9. The first-order valence-electron chi connectivity index (χ1n) is 9.83. The van der Waals surface area contributed by atoms with Crippen molar-refractivity contribution < 1.29 is 24.2 Å². The van der Waals surface area contributed by atoms with Crippen molar-refractivity contribution >= 4 is 17.6 Å². The fourth-order valence-electron chi connectivity index (χ4n) is 3.47. The van der Waals surface area contributed by atoms with E-state index in [1.807, 2.05) is 54.6 Å². The summed E-state index contributed by atoms with van der Waals surface area (Å²) in [6.07, 6.45) is -1.63. The van der Waals surface area contributed by atoms with Gasteiger partial charge in [0.15, 0.2) is 0 Å². The van der Waals surface area contributed by atoms with Gasteiger partial charge in [-0.2, -0.15) is 0 Å². The Hall–Kier alpha value is -3.12. The highest BCUT2D eigenvalue weighted by molar-refractivity contribution is 6.00. The van der Waals surface area contributed by atoms with E-state index < -0.39 is 23.8 Å². The molecule has 0 aliphatic carbocycles. The van der Waals surface area contributed by atoms with Crippen LogP contribution < -0.4 is 0 Å². The molecule has 6 nitrogen and oxygen atoms in total. The second kappa shape index (κ2) is 8.71. The maximum atomic E-state index is 12.5. The Labute approximate surface area is 176 Å². The Morgan fingerprint density at radius 1 is 1.00 bits per heavy atom. The van der Waals surface area contributed by atoms with E-state index in [-0.39, 0.29) is 18.7 Å². The van der Waals surface area contributed by atoms with Crippen molar-refractivity contribution in [3.63, 3.8) is 0 Å². The number of ether oxygens (including phenoxy) is 2. The summed E-state index contributed by atoms with van der Waals surface area (Å²) in [4.78, 5) is 26.4. The quantitative estimate of drug-likeness (QED) is 0.779. The van der Waals surface area contributed by atoms with Gasteiger partial charge in [-0.3, -0.25) is 0 Å². The lowest BCUT2D eigenvalue weighted by Gasteiger charge is -2.34. The molecule has 158 valence electrons. The van der Waals surface area contributed by atoms with Gasteiger partial charge in [0.25, 0.3) is 0 Å². The van der Waals surface area contributed by atoms with E-state index >= 15 is 0 Å². The third-order valence-corrected chi connectivity index (χ3v) is 4.76. The molecule has 1 aliphatic heterocycles. The number of carbonyl (C=O) groups excluding carboxylic acids is 2. The molecule has 1 N–H and O–H groups in total. The Morgan fingerprint density at radius 3 is 2.27 bits per heavy atom. The van der Waals surface area contributed by atoms with Gasteiger partial charge in [0.2, 0.25) is 0 Å². The van der Waals surface area contributed by atoms with Gasteiger partial charge in [-0.15, -0.1) is 0 Å². The van der Waals surface area contributed by atoms with Crippen LogP contribution in [0.25, 0.3) is 16.7 Å². The van der Waals surface area contributed by atoms with Crippen LogP contribution in [0.2, 0.25) is 0 Å². The number of amides is 1. The summed E-state index contributed by atoms with van der Waals surface area (Å²) in [5.74, 6) is -0.581. The van der Waals surface area contributed by atoms with Crippen LogP contribution in [0.1, 0.15) is 26.3 Å². The lowest BCUT2D eigenvalue weighted by Crippen LogP contribution is -2.46. The van der Waals surface area contributed by atoms with E-state index in [0.29, 0.717) is 11.1 Å². The zero-order valence-electron chi connectivity index (χ0n) is 17.7. The summed E-state index contributed by atoms with van der Waals surface area (Å²) in [5, 5.41) is 10.9. The predicted octanol–water partition coefficient (Wildman–Crippen LogP) is 3.89. The lowest BCUT2D eigenvalue weighted by atomic mass is 9.89. The van der Waals surface area contributed by atoms with E-state index in [2.05, 4.69) is 0 Å². The minimum Gasteiger partial charge on any atom is -0.466 e. The fourth-order valence-corrected chi connectivity index (χ4v) is 3.47. The summed E-state index contributed by atoms with van der Waals surface area (Å²) in [7, 11) is 1.28. The van der Waals surface area contributed by atoms with Gasteiger partial charge in [-0.1, -0.05) is 48.5 Å². The van der Waals surface area contributed by atoms with Crippen molar-refractivity contribution in [3.8, 4) is 11.1 Å². The number of esters is 1. The highest BCUT2D eigenvalue weighted by Crippen LogP contribution is 2.32. The van der Waals surface area contributed by atoms with Crippen LogP contribution in [0.3, 0.4) is 0 Å². The first-order valence-corrected chi connectivity index (χ1v) is 9.83. The molecule has 0 spiro atoms. The maximum absolute atomic E-state index is 12.5. The number of hydrogen-bond acceptors (Lipinski definition) is 5. The van der Waals surface area contributed by atoms with Gasteiger partial charge in [0, 0.05) is 5.57 Å². The molecule has 0 aromatic heterocycles. The van der Waals surface area contributed by atoms with Gasteiger partial charge in [-0.05, 0) is 43.5 Å². The van der Waals surface area contributed by atoms with Gasteiger partial charge < -0.3 is 19.5 Å². The maximum Gasteiger partial charge on any atom is 0.410 e. The molecule has 1 heterocycles. The molecular weight excluding hydrogens is 382 g/mol. The number of β-amino-alcohol motifs (C(OH)–C–C–N with tert-alkyl or cyclic N) is 1. The van der Waals surface area contributed by atoms with Gasteiger partial charge >= 0.3 is 12.1 Å². The second-order valence-corrected chi connectivity index (χ2v) is 8.21. The molecule has 0 saturated carbocycles. The third-order valence-electron chi connectivity index (χ3n) is 4.76. The molecule has 1 atom stereocenters. The Kier molecular flexibility index (Phi) is 6.27. The average Bonchev–Trinajstić information content (AvgIpc) is 2.72. The largest absolute Gasteiger partial charge is 0.466 e. The number of hydrogen-bond donors (Lipinski definition) is 1. The van der Waals surface area contributed by atoms with Crippen molar-refractivity contribution in [2.45, 2.75) is 32.5 Å². The Morgan fingerprint density at radius 2 is 1.63 bits per heavy atom. The molecule has 0 radical (unpaired) electrons. The summed E-state index contributed by atoms with van der Waals surface area (Å²) < 4.78 is 10.4. The normalized spacial score (nSPS) is 17.0. The van der Waals surface area contributed by atoms with Crippen molar-refractivity contribution in [1.82, 2.24) is 4.90 Å². The van der Waals surface area contributed by atoms with Crippen LogP contribution in [0, 0.1) is 0 Å². The van der Waals surface area contributed by atoms with E-state index in [9.17, 15) is 14.7 Å². The van der Waals surface area contributed by atoms with Crippen molar-refractivity contribution in [2.24, 2.45) is 0 Å². The van der Waals surface area contributed by atoms with E-state index in [1.165, 1.54) is 12.0 Å². The first-order chi connectivity index (χ1) is 14.2. The van der Waals surface area contributed by atoms with E-state index in [1.54, 1.807) is 20.8 Å². The number of carbonyl (C=O) groups is 2. The summed E-state index contributed by atoms with van der Waals surface area (Å²) in [5.41, 5.74) is 2.74. The number of rotatable bonds is 3. The van der Waals surface area contributed by atoms with Crippen molar-refractivity contribution in [3.05, 3.63) is 65.7 Å². The van der Waals surface area contributed by atoms with Crippen LogP contribution in [-0.4, -0.2) is 54.0 Å². The van der Waals surface area contributed by atoms with Crippen molar-refractivity contribution in [2.75, 3.05) is 20.2 Å². The summed E-state index contributed by atoms with van der Waals surface area (Å²) in [6, 6.07) is 17.5. The topological polar surface area (TPSA) is 76.1 Å². The van der Waals surface area contributed by atoms with Gasteiger partial charge in [0.1, 0.15) is 5.60 Å². The standard InChI is InChI=1S/C24H27NO5/c1-24(2,3)30-23(28)25-14-19(22(27)29-4)21(20(26)15-25)18-12-8-11-17(13-18)16-9-6-5-7-10-16/h5-13,20,26H,14-15H2,1-4H3.